The summed E-state index contributed by atoms with van der Waals surface area (Å²) in [6.07, 6.45) is 4.00. The van der Waals surface area contributed by atoms with Gasteiger partial charge in [0.05, 0.1) is 11.4 Å². The minimum absolute atomic E-state index is 0.138. The van der Waals surface area contributed by atoms with Crippen LogP contribution in [-0.4, -0.2) is 16.0 Å². The topological polar surface area (TPSA) is 70.8 Å². The van der Waals surface area contributed by atoms with E-state index in [0.717, 1.165) is 11.9 Å². The number of allylic oxidation sites excluding steroid dienone is 1. The maximum absolute atomic E-state index is 13.4. The smallest absolute Gasteiger partial charge is 0.209 e. The minimum atomic E-state index is -0.391. The fourth-order valence-electron chi connectivity index (χ4n) is 2.30. The second kappa shape index (κ2) is 7.35. The number of nitrogens with one attached hydrogen (secondary N) is 2. The zero-order valence-electron chi connectivity index (χ0n) is 13.2. The third-order valence-electron chi connectivity index (χ3n) is 3.44. The molecule has 1 aromatic heterocycles. The lowest BCUT2D eigenvalue weighted by Crippen LogP contribution is -2.18. The molecule has 0 aliphatic carbocycles. The van der Waals surface area contributed by atoms with Crippen molar-refractivity contribution in [1.82, 2.24) is 9.78 Å². The third-order valence-corrected chi connectivity index (χ3v) is 3.44. The molecule has 2 N–H and O–H groups in total. The maximum atomic E-state index is 13.4. The van der Waals surface area contributed by atoms with E-state index in [9.17, 15) is 9.18 Å². The van der Waals surface area contributed by atoms with Crippen molar-refractivity contribution < 1.29 is 4.39 Å². The molecule has 0 amide bonds. The van der Waals surface area contributed by atoms with Crippen LogP contribution in [0, 0.1) is 11.2 Å². The average molecular weight is 334 g/mol. The number of aromatic nitrogens is 2. The van der Waals surface area contributed by atoms with Gasteiger partial charge in [-0.1, -0.05) is 24.3 Å². The van der Waals surface area contributed by atoms with Crippen molar-refractivity contribution in [3.63, 3.8) is 0 Å². The van der Waals surface area contributed by atoms with Crippen molar-refractivity contribution in [2.24, 2.45) is 0 Å². The summed E-state index contributed by atoms with van der Waals surface area (Å²) in [4.78, 5) is 12.3. The van der Waals surface area contributed by atoms with Gasteiger partial charge in [-0.25, -0.2) is 9.07 Å². The SMILES string of the molecule is N=C/C=C(\Nc1ccccc1)c1nn(-c2cccc(F)c2)ccc1=O. The monoisotopic (exact) mass is 334 g/mol. The molecule has 0 saturated heterocycles. The van der Waals surface area contributed by atoms with Crippen LogP contribution in [0.3, 0.4) is 0 Å². The molecule has 0 radical (unpaired) electrons. The van der Waals surface area contributed by atoms with Gasteiger partial charge < -0.3 is 10.7 Å². The van der Waals surface area contributed by atoms with Crippen LogP contribution < -0.4 is 10.7 Å². The van der Waals surface area contributed by atoms with Crippen LogP contribution in [0.2, 0.25) is 0 Å². The number of hydrogen-bond acceptors (Lipinski definition) is 4. The van der Waals surface area contributed by atoms with Crippen molar-refractivity contribution in [2.45, 2.75) is 0 Å². The molecule has 0 bridgehead atoms. The zero-order valence-corrected chi connectivity index (χ0v) is 13.2. The van der Waals surface area contributed by atoms with Gasteiger partial charge in [-0.2, -0.15) is 5.10 Å². The Morgan fingerprint density at radius 1 is 1.12 bits per heavy atom. The van der Waals surface area contributed by atoms with Gasteiger partial charge in [0.15, 0.2) is 5.69 Å². The number of benzene rings is 2. The van der Waals surface area contributed by atoms with Gasteiger partial charge in [-0.05, 0) is 36.4 Å². The van der Waals surface area contributed by atoms with Gasteiger partial charge in [-0.15, -0.1) is 0 Å². The molecular formula is C19H15FN4O. The number of hydrogen-bond donors (Lipinski definition) is 2. The van der Waals surface area contributed by atoms with E-state index in [1.807, 2.05) is 30.3 Å². The van der Waals surface area contributed by atoms with Crippen LogP contribution in [-0.2, 0) is 0 Å². The van der Waals surface area contributed by atoms with Crippen molar-refractivity contribution >= 4 is 17.6 Å². The highest BCUT2D eigenvalue weighted by molar-refractivity contribution is 5.86. The summed E-state index contributed by atoms with van der Waals surface area (Å²) in [5.74, 6) is -0.391. The van der Waals surface area contributed by atoms with Crippen LogP contribution in [0.15, 0.2) is 77.7 Å². The van der Waals surface area contributed by atoms with Crippen LogP contribution in [0.1, 0.15) is 5.69 Å². The Hall–Kier alpha value is -3.54. The highest BCUT2D eigenvalue weighted by Crippen LogP contribution is 2.15. The lowest BCUT2D eigenvalue weighted by molar-refractivity contribution is 0.625. The highest BCUT2D eigenvalue weighted by Gasteiger charge is 2.10. The number of rotatable bonds is 5. The summed E-state index contributed by atoms with van der Waals surface area (Å²) < 4.78 is 14.9. The molecule has 3 aromatic rings. The summed E-state index contributed by atoms with van der Waals surface area (Å²) >= 11 is 0. The lowest BCUT2D eigenvalue weighted by Gasteiger charge is -2.12. The van der Waals surface area contributed by atoms with Gasteiger partial charge in [0, 0.05) is 24.2 Å². The van der Waals surface area contributed by atoms with E-state index < -0.39 is 5.82 Å². The first-order chi connectivity index (χ1) is 12.2. The van der Waals surface area contributed by atoms with Gasteiger partial charge in [-0.3, -0.25) is 4.79 Å². The quantitative estimate of drug-likeness (QED) is 0.702. The molecule has 25 heavy (non-hydrogen) atoms. The normalized spacial score (nSPS) is 11.2. The number of para-hydroxylation sites is 1. The molecule has 0 saturated carbocycles. The van der Waals surface area contributed by atoms with E-state index in [1.165, 1.54) is 35.2 Å². The number of nitrogens with zero attached hydrogens (tertiary/aromatic N) is 2. The van der Waals surface area contributed by atoms with Crippen LogP contribution >= 0.6 is 0 Å². The molecule has 0 spiro atoms. The second-order valence-electron chi connectivity index (χ2n) is 5.19. The molecule has 0 aliphatic rings. The second-order valence-corrected chi connectivity index (χ2v) is 5.19. The van der Waals surface area contributed by atoms with Crippen molar-refractivity contribution in [3.05, 3.63) is 94.7 Å². The summed E-state index contributed by atoms with van der Waals surface area (Å²) in [7, 11) is 0. The Labute approximate surface area is 143 Å². The average Bonchev–Trinajstić information content (AvgIpc) is 2.63. The van der Waals surface area contributed by atoms with Crippen LogP contribution in [0.5, 0.6) is 0 Å². The fraction of sp³-hybridized carbons (Fsp3) is 0. The van der Waals surface area contributed by atoms with E-state index in [1.54, 1.807) is 12.1 Å². The molecular weight excluding hydrogens is 319 g/mol. The molecule has 0 atom stereocenters. The molecule has 2 aromatic carbocycles. The Morgan fingerprint density at radius 2 is 1.92 bits per heavy atom. The van der Waals surface area contributed by atoms with E-state index >= 15 is 0 Å². The molecule has 124 valence electrons. The van der Waals surface area contributed by atoms with E-state index in [0.29, 0.717) is 11.4 Å². The summed E-state index contributed by atoms with van der Waals surface area (Å²) in [6.45, 7) is 0. The minimum Gasteiger partial charge on any atom is -0.354 e. The van der Waals surface area contributed by atoms with Crippen molar-refractivity contribution in [1.29, 1.82) is 5.41 Å². The van der Waals surface area contributed by atoms with Crippen molar-refractivity contribution in [3.8, 4) is 5.69 Å². The predicted molar refractivity (Wildman–Crippen MR) is 96.6 cm³/mol. The first kappa shape index (κ1) is 16.3. The number of halogens is 1. The zero-order chi connectivity index (χ0) is 17.6. The number of anilines is 1. The summed E-state index contributed by atoms with van der Waals surface area (Å²) in [5, 5.41) is 14.7. The Morgan fingerprint density at radius 3 is 2.64 bits per heavy atom. The lowest BCUT2D eigenvalue weighted by atomic mass is 10.2. The molecule has 0 fully saturated rings. The largest absolute Gasteiger partial charge is 0.354 e. The Balaban J connectivity index is 2.04. The fourth-order valence-corrected chi connectivity index (χ4v) is 2.30. The molecule has 5 nitrogen and oxygen atoms in total. The van der Waals surface area contributed by atoms with Crippen molar-refractivity contribution in [2.75, 3.05) is 5.32 Å². The summed E-state index contributed by atoms with van der Waals surface area (Å²) in [6, 6.07) is 16.5. The molecule has 1 heterocycles. The van der Waals surface area contributed by atoms with E-state index in [-0.39, 0.29) is 11.1 Å². The van der Waals surface area contributed by atoms with Crippen LogP contribution in [0.25, 0.3) is 11.4 Å². The standard InChI is InChI=1S/C19H15FN4O/c20-14-5-4-8-16(13-14)24-12-10-18(25)19(23-24)17(9-11-21)22-15-6-2-1-3-7-15/h1-13,21-22H/b17-9-,21-11?. The Kier molecular flexibility index (Phi) is 4.80. The van der Waals surface area contributed by atoms with E-state index in [2.05, 4.69) is 10.4 Å². The first-order valence-corrected chi connectivity index (χ1v) is 7.56. The molecule has 0 unspecified atom stereocenters. The first-order valence-electron chi connectivity index (χ1n) is 7.56. The highest BCUT2D eigenvalue weighted by atomic mass is 19.1. The molecule has 6 heteroatoms. The molecule has 0 aliphatic heterocycles. The predicted octanol–water partition coefficient (Wildman–Crippen LogP) is 3.47. The van der Waals surface area contributed by atoms with E-state index in [4.69, 9.17) is 5.41 Å². The van der Waals surface area contributed by atoms with Gasteiger partial charge in [0.2, 0.25) is 5.43 Å². The maximum Gasteiger partial charge on any atom is 0.209 e. The van der Waals surface area contributed by atoms with Gasteiger partial charge in [0.25, 0.3) is 0 Å². The summed E-state index contributed by atoms with van der Waals surface area (Å²) in [5.41, 5.74) is 1.48. The Bertz CT molecular complexity index is 980. The van der Waals surface area contributed by atoms with Gasteiger partial charge >= 0.3 is 0 Å². The van der Waals surface area contributed by atoms with Crippen LogP contribution in [0.4, 0.5) is 10.1 Å². The molecule has 3 rings (SSSR count). The van der Waals surface area contributed by atoms with Gasteiger partial charge in [0.1, 0.15) is 5.82 Å². The third kappa shape index (κ3) is 3.87.